The van der Waals surface area contributed by atoms with E-state index in [0.717, 1.165) is 22.7 Å². The molecule has 0 heterocycles. The first-order valence-corrected chi connectivity index (χ1v) is 10.5. The second-order valence-corrected chi connectivity index (χ2v) is 7.96. The molecule has 0 saturated heterocycles. The quantitative estimate of drug-likeness (QED) is 0.185. The molecule has 0 aliphatic carbocycles. The second kappa shape index (κ2) is 9.22. The molecule has 0 bridgehead atoms. The first-order chi connectivity index (χ1) is 15.4. The zero-order chi connectivity index (χ0) is 22.7. The Morgan fingerprint density at radius 1 is 0.625 bits per heavy atom. The Kier molecular flexibility index (Phi) is 6.21. The van der Waals surface area contributed by atoms with Crippen LogP contribution in [0.4, 0.5) is 34.1 Å². The Balaban J connectivity index is 1.55. The summed E-state index contributed by atoms with van der Waals surface area (Å²) in [6.45, 7) is 0. The zero-order valence-corrected chi connectivity index (χ0v) is 18.4. The molecule has 4 rings (SSSR count). The Morgan fingerprint density at radius 3 is 1.41 bits per heavy atom. The summed E-state index contributed by atoms with van der Waals surface area (Å²) in [6.07, 6.45) is 0. The zero-order valence-electron chi connectivity index (χ0n) is 16.9. The van der Waals surface area contributed by atoms with Crippen molar-refractivity contribution in [2.75, 3.05) is 22.1 Å². The molecule has 7 heteroatoms. The van der Waals surface area contributed by atoms with Crippen LogP contribution >= 0.6 is 23.2 Å². The molecule has 0 atom stereocenters. The van der Waals surface area contributed by atoms with E-state index in [4.69, 9.17) is 34.7 Å². The van der Waals surface area contributed by atoms with Crippen LogP contribution in [0.1, 0.15) is 15.9 Å². The van der Waals surface area contributed by atoms with Crippen LogP contribution in [0.2, 0.25) is 10.0 Å². The summed E-state index contributed by atoms with van der Waals surface area (Å²) in [7, 11) is 0. The number of benzene rings is 4. The summed E-state index contributed by atoms with van der Waals surface area (Å²) >= 11 is 12.9. The lowest BCUT2D eigenvalue weighted by Gasteiger charge is -2.13. The van der Waals surface area contributed by atoms with Crippen LogP contribution in [0.25, 0.3) is 0 Å². The van der Waals surface area contributed by atoms with Gasteiger partial charge in [-0.2, -0.15) is 0 Å². The maximum Gasteiger partial charge on any atom is 0.196 e. The van der Waals surface area contributed by atoms with Crippen molar-refractivity contribution in [3.8, 4) is 0 Å². The molecule has 0 saturated carbocycles. The van der Waals surface area contributed by atoms with Gasteiger partial charge in [-0.15, -0.1) is 0 Å². The third-order valence-corrected chi connectivity index (χ3v) is 5.53. The highest BCUT2D eigenvalue weighted by Gasteiger charge is 2.17. The molecule has 0 aliphatic heterocycles. The number of hydrogen-bond donors (Lipinski definition) is 4. The van der Waals surface area contributed by atoms with Gasteiger partial charge in [0.15, 0.2) is 5.78 Å². The van der Waals surface area contributed by atoms with Gasteiger partial charge >= 0.3 is 0 Å². The molecule has 0 radical (unpaired) electrons. The minimum Gasteiger partial charge on any atom is -0.397 e. The van der Waals surface area contributed by atoms with E-state index in [1.54, 1.807) is 48.5 Å². The molecule has 0 unspecified atom stereocenters. The van der Waals surface area contributed by atoms with E-state index in [1.807, 2.05) is 36.4 Å². The van der Waals surface area contributed by atoms with Gasteiger partial charge in [-0.05, 0) is 60.7 Å². The van der Waals surface area contributed by atoms with Crippen LogP contribution < -0.4 is 22.1 Å². The molecular formula is C25H20Cl2N4O. The van der Waals surface area contributed by atoms with Crippen LogP contribution in [-0.2, 0) is 0 Å². The molecule has 5 nitrogen and oxygen atoms in total. The Labute approximate surface area is 196 Å². The van der Waals surface area contributed by atoms with Gasteiger partial charge in [0.1, 0.15) is 0 Å². The molecule has 0 aromatic heterocycles. The average Bonchev–Trinajstić information content (AvgIpc) is 2.77. The van der Waals surface area contributed by atoms with Gasteiger partial charge in [0.05, 0.1) is 32.8 Å². The predicted molar refractivity (Wildman–Crippen MR) is 135 cm³/mol. The van der Waals surface area contributed by atoms with Crippen LogP contribution in [0.3, 0.4) is 0 Å². The summed E-state index contributed by atoms with van der Waals surface area (Å²) in [5, 5.41) is 7.02. The number of hydrogen-bond acceptors (Lipinski definition) is 5. The summed E-state index contributed by atoms with van der Waals surface area (Å²) in [5.74, 6) is -0.267. The first kappa shape index (κ1) is 21.6. The highest BCUT2D eigenvalue weighted by Crippen LogP contribution is 2.31. The van der Waals surface area contributed by atoms with Gasteiger partial charge < -0.3 is 22.1 Å². The maximum absolute atomic E-state index is 13.1. The number of halogens is 2. The highest BCUT2D eigenvalue weighted by molar-refractivity contribution is 6.38. The van der Waals surface area contributed by atoms with Crippen LogP contribution in [0.15, 0.2) is 84.9 Å². The van der Waals surface area contributed by atoms with Gasteiger partial charge in [0.2, 0.25) is 0 Å². The monoisotopic (exact) mass is 462 g/mol. The number of nitrogen functional groups attached to an aromatic ring is 2. The molecule has 32 heavy (non-hydrogen) atoms. The molecule has 4 aromatic rings. The number of carbonyl (C=O) groups is 1. The predicted octanol–water partition coefficient (Wildman–Crippen LogP) is 6.88. The van der Waals surface area contributed by atoms with Crippen molar-refractivity contribution in [2.24, 2.45) is 0 Å². The van der Waals surface area contributed by atoms with Crippen molar-refractivity contribution in [3.63, 3.8) is 0 Å². The van der Waals surface area contributed by atoms with Crippen molar-refractivity contribution in [1.82, 2.24) is 0 Å². The maximum atomic E-state index is 13.1. The van der Waals surface area contributed by atoms with E-state index >= 15 is 0 Å². The fourth-order valence-electron chi connectivity index (χ4n) is 3.23. The van der Waals surface area contributed by atoms with Gasteiger partial charge in [-0.25, -0.2) is 0 Å². The van der Waals surface area contributed by atoms with E-state index in [2.05, 4.69) is 10.6 Å². The fraction of sp³-hybridized carbons (Fsp3) is 0. The largest absolute Gasteiger partial charge is 0.397 e. The van der Waals surface area contributed by atoms with E-state index < -0.39 is 0 Å². The number of rotatable bonds is 6. The SMILES string of the molecule is Nc1ccccc1Nc1ccc(C(=O)c2ccc(Nc3ccccc3N)cc2Cl)c(Cl)c1. The fourth-order valence-corrected chi connectivity index (χ4v) is 3.76. The number of anilines is 6. The van der Waals surface area contributed by atoms with Crippen LogP contribution in [0.5, 0.6) is 0 Å². The molecule has 0 fully saturated rings. The molecule has 0 spiro atoms. The van der Waals surface area contributed by atoms with Crippen molar-refractivity contribution in [1.29, 1.82) is 0 Å². The lowest BCUT2D eigenvalue weighted by atomic mass is 10.0. The summed E-state index contributed by atoms with van der Waals surface area (Å²) < 4.78 is 0. The van der Waals surface area contributed by atoms with E-state index in [0.29, 0.717) is 32.5 Å². The lowest BCUT2D eigenvalue weighted by Crippen LogP contribution is -2.05. The number of carbonyl (C=O) groups excluding carboxylic acids is 1. The van der Waals surface area contributed by atoms with Gasteiger partial charge in [0, 0.05) is 22.5 Å². The molecule has 0 amide bonds. The summed E-state index contributed by atoms with van der Waals surface area (Å²) in [6, 6.07) is 25.0. The summed E-state index contributed by atoms with van der Waals surface area (Å²) in [5.41, 5.74) is 16.8. The third kappa shape index (κ3) is 4.64. The number of nitrogens with one attached hydrogen (secondary N) is 2. The first-order valence-electron chi connectivity index (χ1n) is 9.79. The second-order valence-electron chi connectivity index (χ2n) is 7.14. The van der Waals surface area contributed by atoms with Crippen molar-refractivity contribution < 1.29 is 4.79 Å². The van der Waals surface area contributed by atoms with E-state index in [9.17, 15) is 4.79 Å². The van der Waals surface area contributed by atoms with E-state index in [-0.39, 0.29) is 5.78 Å². The van der Waals surface area contributed by atoms with Gasteiger partial charge in [-0.1, -0.05) is 47.5 Å². The minimum atomic E-state index is -0.267. The molecule has 4 aromatic carbocycles. The van der Waals surface area contributed by atoms with Crippen molar-refractivity contribution in [3.05, 3.63) is 106 Å². The van der Waals surface area contributed by atoms with Crippen LogP contribution in [0, 0.1) is 0 Å². The molecular weight excluding hydrogens is 443 g/mol. The number of ketones is 1. The van der Waals surface area contributed by atoms with Crippen LogP contribution in [-0.4, -0.2) is 5.78 Å². The lowest BCUT2D eigenvalue weighted by molar-refractivity contribution is 0.103. The third-order valence-electron chi connectivity index (χ3n) is 4.91. The standard InChI is InChI=1S/C25H20Cl2N4O/c26-19-13-15(30-23-7-3-1-5-21(23)28)9-11-17(19)25(32)18-12-10-16(14-20(18)27)31-24-8-4-2-6-22(24)29/h1-14,30-31H,28-29H2. The topological polar surface area (TPSA) is 93.2 Å². The van der Waals surface area contributed by atoms with Crippen molar-refractivity contribution >= 4 is 63.1 Å². The van der Waals surface area contributed by atoms with Crippen molar-refractivity contribution in [2.45, 2.75) is 0 Å². The Morgan fingerprint density at radius 2 is 1.03 bits per heavy atom. The number of nitrogens with two attached hydrogens (primary N) is 2. The van der Waals surface area contributed by atoms with E-state index in [1.165, 1.54) is 0 Å². The molecule has 6 N–H and O–H groups in total. The van der Waals surface area contributed by atoms with Gasteiger partial charge in [-0.3, -0.25) is 4.79 Å². The average molecular weight is 463 g/mol. The Hall–Kier alpha value is -3.67. The smallest absolute Gasteiger partial charge is 0.196 e. The minimum absolute atomic E-state index is 0.267. The Bertz CT molecular complexity index is 1210. The molecule has 0 aliphatic rings. The highest BCUT2D eigenvalue weighted by atomic mass is 35.5. The molecule has 160 valence electrons. The number of para-hydroxylation sites is 4. The normalized spacial score (nSPS) is 10.6. The van der Waals surface area contributed by atoms with Gasteiger partial charge in [0.25, 0.3) is 0 Å². The summed E-state index contributed by atoms with van der Waals surface area (Å²) in [4.78, 5) is 13.1.